The third-order valence-electron chi connectivity index (χ3n) is 3.29. The van der Waals surface area contributed by atoms with E-state index in [2.05, 4.69) is 10.3 Å². The van der Waals surface area contributed by atoms with Gasteiger partial charge in [0.1, 0.15) is 16.6 Å². The van der Waals surface area contributed by atoms with Gasteiger partial charge in [0.15, 0.2) is 6.61 Å². The molecule has 25 heavy (non-hydrogen) atoms. The zero-order valence-electron chi connectivity index (χ0n) is 13.3. The summed E-state index contributed by atoms with van der Waals surface area (Å²) in [6.07, 6.45) is 0. The van der Waals surface area contributed by atoms with Crippen molar-refractivity contribution in [2.45, 2.75) is 6.92 Å². The van der Waals surface area contributed by atoms with Crippen LogP contribution >= 0.6 is 22.9 Å². The van der Waals surface area contributed by atoms with Crippen LogP contribution in [0.5, 0.6) is 5.75 Å². The Balaban J connectivity index is 1.58. The summed E-state index contributed by atoms with van der Waals surface area (Å²) in [5, 5.41) is 5.68. The Labute approximate surface area is 153 Å². The van der Waals surface area contributed by atoms with Crippen LogP contribution in [-0.4, -0.2) is 17.5 Å². The lowest BCUT2D eigenvalue weighted by atomic mass is 10.2. The first kappa shape index (κ1) is 17.4. The van der Waals surface area contributed by atoms with Crippen molar-refractivity contribution in [2.24, 2.45) is 0 Å². The van der Waals surface area contributed by atoms with Crippen LogP contribution in [0.4, 0.5) is 10.1 Å². The maximum atomic E-state index is 13.6. The van der Waals surface area contributed by atoms with E-state index in [0.29, 0.717) is 10.8 Å². The topological polar surface area (TPSA) is 51.2 Å². The van der Waals surface area contributed by atoms with Gasteiger partial charge < -0.3 is 10.1 Å². The molecule has 0 fully saturated rings. The first-order chi connectivity index (χ1) is 12.0. The van der Waals surface area contributed by atoms with Gasteiger partial charge in [-0.15, -0.1) is 11.3 Å². The Morgan fingerprint density at radius 1 is 1.28 bits per heavy atom. The smallest absolute Gasteiger partial charge is 0.262 e. The number of aromatic nitrogens is 1. The molecule has 4 nitrogen and oxygen atoms in total. The van der Waals surface area contributed by atoms with E-state index < -0.39 is 11.7 Å². The van der Waals surface area contributed by atoms with Crippen molar-refractivity contribution in [3.8, 4) is 16.3 Å². The summed E-state index contributed by atoms with van der Waals surface area (Å²) < 4.78 is 19.0. The molecule has 0 saturated carbocycles. The lowest BCUT2D eigenvalue weighted by Crippen LogP contribution is -2.20. The Bertz CT molecular complexity index is 896. The molecule has 3 aromatic rings. The second-order valence-corrected chi connectivity index (χ2v) is 6.57. The van der Waals surface area contributed by atoms with Crippen molar-refractivity contribution in [1.29, 1.82) is 0 Å². The number of nitrogens with zero attached hydrogens (tertiary/aromatic N) is 1. The number of carbonyl (C=O) groups is 1. The SMILES string of the molecule is Cc1csc(-c2ccc(OCC(=O)Nc3cc(Cl)ccc3F)cc2)n1. The highest BCUT2D eigenvalue weighted by atomic mass is 35.5. The van der Waals surface area contributed by atoms with Crippen LogP contribution in [0.3, 0.4) is 0 Å². The molecule has 1 amide bonds. The fourth-order valence-electron chi connectivity index (χ4n) is 2.11. The Kier molecular flexibility index (Phi) is 5.31. The van der Waals surface area contributed by atoms with Crippen LogP contribution in [0.1, 0.15) is 5.69 Å². The molecule has 0 radical (unpaired) electrons. The van der Waals surface area contributed by atoms with E-state index in [9.17, 15) is 9.18 Å². The van der Waals surface area contributed by atoms with Gasteiger partial charge in [-0.3, -0.25) is 4.79 Å². The number of thiazole rings is 1. The molecule has 128 valence electrons. The predicted octanol–water partition coefficient (Wildman–Crippen LogP) is 4.93. The summed E-state index contributed by atoms with van der Waals surface area (Å²) in [6.45, 7) is 1.71. The first-order valence-electron chi connectivity index (χ1n) is 7.41. The van der Waals surface area contributed by atoms with E-state index in [1.807, 2.05) is 24.4 Å². The number of hydrogen-bond acceptors (Lipinski definition) is 4. The highest BCUT2D eigenvalue weighted by molar-refractivity contribution is 7.13. The van der Waals surface area contributed by atoms with E-state index >= 15 is 0 Å². The number of hydrogen-bond donors (Lipinski definition) is 1. The molecule has 3 rings (SSSR count). The minimum Gasteiger partial charge on any atom is -0.484 e. The molecule has 0 bridgehead atoms. The lowest BCUT2D eigenvalue weighted by Gasteiger charge is -2.09. The normalized spacial score (nSPS) is 10.5. The van der Waals surface area contributed by atoms with Gasteiger partial charge in [0.25, 0.3) is 5.91 Å². The summed E-state index contributed by atoms with van der Waals surface area (Å²) in [5.41, 5.74) is 1.98. The zero-order valence-corrected chi connectivity index (χ0v) is 14.8. The van der Waals surface area contributed by atoms with Gasteiger partial charge >= 0.3 is 0 Å². The molecule has 0 unspecified atom stereocenters. The third kappa shape index (κ3) is 4.55. The quantitative estimate of drug-likeness (QED) is 0.687. The number of nitrogens with one attached hydrogen (secondary N) is 1. The molecule has 0 aliphatic rings. The molecule has 7 heteroatoms. The molecule has 0 atom stereocenters. The lowest BCUT2D eigenvalue weighted by molar-refractivity contribution is -0.118. The summed E-state index contributed by atoms with van der Waals surface area (Å²) in [4.78, 5) is 16.3. The van der Waals surface area contributed by atoms with Gasteiger partial charge in [-0.2, -0.15) is 0 Å². The number of ether oxygens (including phenoxy) is 1. The standard InChI is InChI=1S/C18H14ClFN2O2S/c1-11-10-25-18(21-11)12-2-5-14(6-3-12)24-9-17(23)22-16-8-13(19)4-7-15(16)20/h2-8,10H,9H2,1H3,(H,22,23). The second-order valence-electron chi connectivity index (χ2n) is 5.28. The average molecular weight is 377 g/mol. The molecular weight excluding hydrogens is 363 g/mol. The van der Waals surface area contributed by atoms with E-state index in [-0.39, 0.29) is 12.3 Å². The molecule has 0 spiro atoms. The van der Waals surface area contributed by atoms with E-state index in [0.717, 1.165) is 16.3 Å². The van der Waals surface area contributed by atoms with Crippen molar-refractivity contribution >= 4 is 34.5 Å². The molecular formula is C18H14ClFN2O2S. The van der Waals surface area contributed by atoms with Crippen LogP contribution < -0.4 is 10.1 Å². The molecule has 2 aromatic carbocycles. The van der Waals surface area contributed by atoms with Gasteiger partial charge in [-0.1, -0.05) is 11.6 Å². The summed E-state index contributed by atoms with van der Waals surface area (Å²) in [6, 6.07) is 11.2. The number of aryl methyl sites for hydroxylation is 1. The minimum absolute atomic E-state index is 0.0237. The molecule has 1 N–H and O–H groups in total. The minimum atomic E-state index is -0.555. The molecule has 0 aliphatic heterocycles. The van der Waals surface area contributed by atoms with Crippen LogP contribution in [0, 0.1) is 12.7 Å². The number of rotatable bonds is 5. The van der Waals surface area contributed by atoms with Gasteiger partial charge in [0.2, 0.25) is 0 Å². The van der Waals surface area contributed by atoms with Crippen molar-refractivity contribution in [3.63, 3.8) is 0 Å². The maximum absolute atomic E-state index is 13.6. The largest absolute Gasteiger partial charge is 0.484 e. The first-order valence-corrected chi connectivity index (χ1v) is 8.67. The fourth-order valence-corrected chi connectivity index (χ4v) is 3.08. The van der Waals surface area contributed by atoms with Crippen LogP contribution in [-0.2, 0) is 4.79 Å². The Hall–Kier alpha value is -2.44. The van der Waals surface area contributed by atoms with E-state index in [4.69, 9.17) is 16.3 Å². The summed E-state index contributed by atoms with van der Waals surface area (Å²) >= 11 is 7.35. The maximum Gasteiger partial charge on any atom is 0.262 e. The van der Waals surface area contributed by atoms with Crippen molar-refractivity contribution < 1.29 is 13.9 Å². The Morgan fingerprint density at radius 3 is 2.72 bits per heavy atom. The number of halogens is 2. The fraction of sp³-hybridized carbons (Fsp3) is 0.111. The number of benzene rings is 2. The van der Waals surface area contributed by atoms with Gasteiger partial charge in [-0.05, 0) is 49.4 Å². The van der Waals surface area contributed by atoms with E-state index in [1.54, 1.807) is 23.5 Å². The average Bonchev–Trinajstić information content (AvgIpc) is 3.03. The Morgan fingerprint density at radius 2 is 2.04 bits per heavy atom. The predicted molar refractivity (Wildman–Crippen MR) is 97.8 cm³/mol. The third-order valence-corrected chi connectivity index (χ3v) is 4.54. The van der Waals surface area contributed by atoms with Crippen LogP contribution in [0.15, 0.2) is 47.8 Å². The highest BCUT2D eigenvalue weighted by Crippen LogP contribution is 2.25. The number of anilines is 1. The van der Waals surface area contributed by atoms with Crippen LogP contribution in [0.25, 0.3) is 10.6 Å². The van der Waals surface area contributed by atoms with Crippen molar-refractivity contribution in [1.82, 2.24) is 4.98 Å². The number of carbonyl (C=O) groups excluding carboxylic acids is 1. The van der Waals surface area contributed by atoms with Crippen molar-refractivity contribution in [2.75, 3.05) is 11.9 Å². The summed E-state index contributed by atoms with van der Waals surface area (Å²) in [7, 11) is 0. The molecule has 1 heterocycles. The molecule has 0 saturated heterocycles. The van der Waals surface area contributed by atoms with Gasteiger partial charge in [-0.25, -0.2) is 9.37 Å². The van der Waals surface area contributed by atoms with Gasteiger partial charge in [0, 0.05) is 21.7 Å². The van der Waals surface area contributed by atoms with Gasteiger partial charge in [0.05, 0.1) is 5.69 Å². The molecule has 1 aromatic heterocycles. The zero-order chi connectivity index (χ0) is 17.8. The van der Waals surface area contributed by atoms with Crippen molar-refractivity contribution in [3.05, 3.63) is 64.4 Å². The monoisotopic (exact) mass is 376 g/mol. The second kappa shape index (κ2) is 7.63. The summed E-state index contributed by atoms with van der Waals surface area (Å²) in [5.74, 6) is -0.486. The van der Waals surface area contributed by atoms with E-state index in [1.165, 1.54) is 18.2 Å². The molecule has 0 aliphatic carbocycles. The highest BCUT2D eigenvalue weighted by Gasteiger charge is 2.09. The number of amides is 1. The van der Waals surface area contributed by atoms with Crippen LogP contribution in [0.2, 0.25) is 5.02 Å².